The number of allylic oxidation sites excluding steroid dienone is 3. The van der Waals surface area contributed by atoms with Gasteiger partial charge in [-0.2, -0.15) is 0 Å². The summed E-state index contributed by atoms with van der Waals surface area (Å²) in [7, 11) is 0. The van der Waals surface area contributed by atoms with Crippen LogP contribution >= 0.6 is 0 Å². The fourth-order valence-corrected chi connectivity index (χ4v) is 6.45. The lowest BCUT2D eigenvalue weighted by Crippen LogP contribution is -2.57. The van der Waals surface area contributed by atoms with Gasteiger partial charge in [0.2, 0.25) is 0 Å². The van der Waals surface area contributed by atoms with Gasteiger partial charge in [0.15, 0.2) is 0 Å². The van der Waals surface area contributed by atoms with E-state index in [-0.39, 0.29) is 0 Å². The second kappa shape index (κ2) is 4.73. The van der Waals surface area contributed by atoms with Crippen molar-refractivity contribution in [3.05, 3.63) is 24.3 Å². The molecule has 20 heavy (non-hydrogen) atoms. The monoisotopic (exact) mass is 271 g/mol. The van der Waals surface area contributed by atoms with Gasteiger partial charge in [0.05, 0.1) is 0 Å². The zero-order valence-corrected chi connectivity index (χ0v) is 12.9. The van der Waals surface area contributed by atoms with E-state index in [1.807, 2.05) is 0 Å². The Labute approximate surface area is 123 Å². The Hall–Kier alpha value is -0.560. The van der Waals surface area contributed by atoms with Crippen molar-refractivity contribution in [2.75, 3.05) is 13.1 Å². The van der Waals surface area contributed by atoms with Gasteiger partial charge in [-0.15, -0.1) is 0 Å². The highest BCUT2D eigenvalue weighted by atomic mass is 14.9. The highest BCUT2D eigenvalue weighted by Crippen LogP contribution is 2.67. The predicted octanol–water partition coefficient (Wildman–Crippen LogP) is 4.31. The molecule has 1 N–H and O–H groups in total. The van der Waals surface area contributed by atoms with E-state index in [1.54, 1.807) is 19.3 Å². The fourth-order valence-electron chi connectivity index (χ4n) is 6.45. The molecule has 0 aliphatic heterocycles. The fraction of sp³-hybridized carbons (Fsp3) is 0.789. The molecule has 4 saturated carbocycles. The number of nitrogens with one attached hydrogen (secondary N) is 1. The molecule has 0 heterocycles. The van der Waals surface area contributed by atoms with Gasteiger partial charge in [-0.25, -0.2) is 0 Å². The van der Waals surface area contributed by atoms with Crippen LogP contribution in [0.2, 0.25) is 0 Å². The number of rotatable bonds is 4. The van der Waals surface area contributed by atoms with Gasteiger partial charge in [0.1, 0.15) is 0 Å². The van der Waals surface area contributed by atoms with Gasteiger partial charge in [0, 0.05) is 12.0 Å². The van der Waals surface area contributed by atoms with Crippen LogP contribution in [-0.4, -0.2) is 13.1 Å². The van der Waals surface area contributed by atoms with Crippen molar-refractivity contribution < 1.29 is 0 Å². The summed E-state index contributed by atoms with van der Waals surface area (Å²) in [6.45, 7) is 4.54. The lowest BCUT2D eigenvalue weighted by atomic mass is 9.41. The van der Waals surface area contributed by atoms with E-state index >= 15 is 0 Å². The van der Waals surface area contributed by atoms with E-state index in [2.05, 4.69) is 36.5 Å². The SMILES string of the molecule is CCNCC1(C23CC4CC(CC(C4)C2)C3)C=CC=CC1. The Bertz CT molecular complexity index is 398. The molecule has 1 unspecified atom stereocenters. The molecular weight excluding hydrogens is 242 g/mol. The standard InChI is InChI=1S/C19H29N/c1-2-20-14-18(6-4-3-5-7-18)19-11-15-8-16(12-19)10-17(9-15)13-19/h3-6,15-17,20H,2,7-14H2,1H3. The van der Waals surface area contributed by atoms with Crippen LogP contribution in [0.5, 0.6) is 0 Å². The van der Waals surface area contributed by atoms with Gasteiger partial charge < -0.3 is 5.32 Å². The molecule has 1 nitrogen and oxygen atoms in total. The van der Waals surface area contributed by atoms with Crippen LogP contribution in [0.3, 0.4) is 0 Å². The van der Waals surface area contributed by atoms with Crippen molar-refractivity contribution in [2.24, 2.45) is 28.6 Å². The minimum Gasteiger partial charge on any atom is -0.316 e. The Morgan fingerprint density at radius 2 is 1.65 bits per heavy atom. The van der Waals surface area contributed by atoms with Crippen molar-refractivity contribution in [1.82, 2.24) is 5.32 Å². The normalized spacial score (nSPS) is 49.0. The van der Waals surface area contributed by atoms with Crippen LogP contribution in [-0.2, 0) is 0 Å². The topological polar surface area (TPSA) is 12.0 Å². The van der Waals surface area contributed by atoms with Crippen LogP contribution in [0.4, 0.5) is 0 Å². The number of hydrogen-bond donors (Lipinski definition) is 1. The van der Waals surface area contributed by atoms with Crippen LogP contribution < -0.4 is 5.32 Å². The van der Waals surface area contributed by atoms with Gasteiger partial charge in [-0.3, -0.25) is 0 Å². The molecule has 1 heteroatoms. The molecule has 110 valence electrons. The summed E-state index contributed by atoms with van der Waals surface area (Å²) in [6, 6.07) is 0. The lowest BCUT2D eigenvalue weighted by Gasteiger charge is -2.63. The molecule has 4 fully saturated rings. The first-order valence-electron chi connectivity index (χ1n) is 8.80. The zero-order chi connectivity index (χ0) is 13.6. The largest absolute Gasteiger partial charge is 0.316 e. The van der Waals surface area contributed by atoms with E-state index in [4.69, 9.17) is 0 Å². The molecule has 0 amide bonds. The second-order valence-corrected chi connectivity index (χ2v) is 8.13. The Morgan fingerprint density at radius 1 is 1.00 bits per heavy atom. The quantitative estimate of drug-likeness (QED) is 0.803. The maximum absolute atomic E-state index is 3.70. The highest BCUT2D eigenvalue weighted by molar-refractivity contribution is 5.24. The summed E-state index contributed by atoms with van der Waals surface area (Å²) in [5.74, 6) is 3.16. The van der Waals surface area contributed by atoms with Crippen LogP contribution in [0.1, 0.15) is 51.9 Å². The molecule has 1 atom stereocenters. The van der Waals surface area contributed by atoms with Crippen LogP contribution in [0.25, 0.3) is 0 Å². The summed E-state index contributed by atoms with van der Waals surface area (Å²) in [6.07, 6.45) is 20.1. The molecular formula is C19H29N. The third-order valence-corrected chi connectivity index (χ3v) is 6.93. The average Bonchev–Trinajstić information content (AvgIpc) is 2.44. The third-order valence-electron chi connectivity index (χ3n) is 6.93. The summed E-state index contributed by atoms with van der Waals surface area (Å²) in [4.78, 5) is 0. The first-order valence-corrected chi connectivity index (χ1v) is 8.80. The van der Waals surface area contributed by atoms with Crippen molar-refractivity contribution in [3.8, 4) is 0 Å². The number of hydrogen-bond acceptors (Lipinski definition) is 1. The highest BCUT2D eigenvalue weighted by Gasteiger charge is 2.58. The maximum Gasteiger partial charge on any atom is 0.0101 e. The molecule has 0 aromatic carbocycles. The van der Waals surface area contributed by atoms with E-state index in [1.165, 1.54) is 32.2 Å². The minimum absolute atomic E-state index is 0.410. The van der Waals surface area contributed by atoms with Gasteiger partial charge >= 0.3 is 0 Å². The summed E-state index contributed by atoms with van der Waals surface area (Å²) in [5, 5.41) is 3.70. The second-order valence-electron chi connectivity index (χ2n) is 8.13. The molecule has 5 aliphatic rings. The third kappa shape index (κ3) is 1.85. The smallest absolute Gasteiger partial charge is 0.0101 e. The molecule has 0 radical (unpaired) electrons. The van der Waals surface area contributed by atoms with Crippen molar-refractivity contribution in [3.63, 3.8) is 0 Å². The van der Waals surface area contributed by atoms with E-state index in [0.29, 0.717) is 10.8 Å². The molecule has 5 rings (SSSR count). The van der Waals surface area contributed by atoms with Crippen molar-refractivity contribution >= 4 is 0 Å². The lowest BCUT2D eigenvalue weighted by molar-refractivity contribution is -0.113. The molecule has 0 saturated heterocycles. The van der Waals surface area contributed by atoms with Crippen LogP contribution in [0.15, 0.2) is 24.3 Å². The Kier molecular flexibility index (Phi) is 3.10. The Balaban J connectivity index is 1.68. The molecule has 4 bridgehead atoms. The van der Waals surface area contributed by atoms with Crippen molar-refractivity contribution in [1.29, 1.82) is 0 Å². The maximum atomic E-state index is 3.70. The molecule has 0 aromatic rings. The summed E-state index contributed by atoms with van der Waals surface area (Å²) >= 11 is 0. The van der Waals surface area contributed by atoms with E-state index in [9.17, 15) is 0 Å². The molecule has 0 aromatic heterocycles. The summed E-state index contributed by atoms with van der Waals surface area (Å²) in [5.41, 5.74) is 1.03. The minimum atomic E-state index is 0.410. The van der Waals surface area contributed by atoms with Crippen molar-refractivity contribution in [2.45, 2.75) is 51.9 Å². The van der Waals surface area contributed by atoms with Gasteiger partial charge in [-0.1, -0.05) is 31.2 Å². The van der Waals surface area contributed by atoms with Gasteiger partial charge in [0.25, 0.3) is 0 Å². The van der Waals surface area contributed by atoms with Crippen LogP contribution in [0, 0.1) is 28.6 Å². The zero-order valence-electron chi connectivity index (χ0n) is 12.9. The molecule has 0 spiro atoms. The van der Waals surface area contributed by atoms with Gasteiger partial charge in [-0.05, 0) is 74.7 Å². The van der Waals surface area contributed by atoms with E-state index in [0.717, 1.165) is 24.3 Å². The molecule has 5 aliphatic carbocycles. The summed E-state index contributed by atoms with van der Waals surface area (Å²) < 4.78 is 0. The van der Waals surface area contributed by atoms with E-state index < -0.39 is 0 Å². The average molecular weight is 271 g/mol. The Morgan fingerprint density at radius 3 is 2.15 bits per heavy atom. The predicted molar refractivity (Wildman–Crippen MR) is 84.5 cm³/mol. The first kappa shape index (κ1) is 13.1. The first-order chi connectivity index (χ1) is 9.75.